The molecule has 1 aromatic rings. The van der Waals surface area contributed by atoms with Crippen molar-refractivity contribution < 1.29 is 14.3 Å². The van der Waals surface area contributed by atoms with Gasteiger partial charge in [0.2, 0.25) is 5.91 Å². The number of rotatable bonds is 9. The minimum Gasteiger partial charge on any atom is -0.382 e. The van der Waals surface area contributed by atoms with Gasteiger partial charge in [-0.15, -0.1) is 0 Å². The first-order valence-electron chi connectivity index (χ1n) is 6.92. The van der Waals surface area contributed by atoms with Gasteiger partial charge in [-0.25, -0.2) is 0 Å². The summed E-state index contributed by atoms with van der Waals surface area (Å²) < 4.78 is 10.00. The molecule has 1 aromatic carbocycles. The lowest BCUT2D eigenvalue weighted by Gasteiger charge is -2.21. The van der Waals surface area contributed by atoms with Crippen molar-refractivity contribution in [3.05, 3.63) is 24.3 Å². The second-order valence-electron chi connectivity index (χ2n) is 4.31. The lowest BCUT2D eigenvalue weighted by atomic mass is 10.2. The molecule has 1 N–H and O–H groups in total. The molecule has 0 bridgehead atoms. The zero-order chi connectivity index (χ0) is 14.8. The van der Waals surface area contributed by atoms with E-state index < -0.39 is 0 Å². The average Bonchev–Trinajstić information content (AvgIpc) is 2.47. The van der Waals surface area contributed by atoms with Crippen LogP contribution >= 0.6 is 0 Å². The van der Waals surface area contributed by atoms with Crippen molar-refractivity contribution in [3.63, 3.8) is 0 Å². The molecule has 0 spiro atoms. The highest BCUT2D eigenvalue weighted by Crippen LogP contribution is 2.17. The molecule has 5 heteroatoms. The van der Waals surface area contributed by atoms with Crippen LogP contribution in [0.25, 0.3) is 0 Å². The fraction of sp³-hybridized carbons (Fsp3) is 0.533. The molecule has 0 unspecified atom stereocenters. The third kappa shape index (κ3) is 5.59. The lowest BCUT2D eigenvalue weighted by molar-refractivity contribution is -0.121. The Kier molecular flexibility index (Phi) is 7.69. The van der Waals surface area contributed by atoms with Gasteiger partial charge < -0.3 is 19.7 Å². The van der Waals surface area contributed by atoms with E-state index in [-0.39, 0.29) is 12.5 Å². The van der Waals surface area contributed by atoms with Crippen molar-refractivity contribution in [2.45, 2.75) is 13.8 Å². The summed E-state index contributed by atoms with van der Waals surface area (Å²) in [5.41, 5.74) is 1.94. The number of benzene rings is 1. The largest absolute Gasteiger partial charge is 0.382 e. The maximum atomic E-state index is 11.6. The van der Waals surface area contributed by atoms with Gasteiger partial charge in [0.25, 0.3) is 0 Å². The van der Waals surface area contributed by atoms with E-state index in [9.17, 15) is 4.79 Å². The molecule has 0 saturated carbocycles. The molecule has 0 fully saturated rings. The van der Waals surface area contributed by atoms with E-state index in [1.54, 1.807) is 7.11 Å². The highest BCUT2D eigenvalue weighted by atomic mass is 16.5. The van der Waals surface area contributed by atoms with Crippen LogP contribution in [0.1, 0.15) is 13.8 Å². The number of carbonyl (C=O) groups is 1. The maximum absolute atomic E-state index is 11.6. The normalized spacial score (nSPS) is 10.3. The third-order valence-corrected chi connectivity index (χ3v) is 2.94. The van der Waals surface area contributed by atoms with Crippen molar-refractivity contribution >= 4 is 17.3 Å². The molecule has 0 heterocycles. The van der Waals surface area contributed by atoms with E-state index in [1.165, 1.54) is 0 Å². The third-order valence-electron chi connectivity index (χ3n) is 2.94. The quantitative estimate of drug-likeness (QED) is 0.704. The van der Waals surface area contributed by atoms with Gasteiger partial charge in [0.1, 0.15) is 6.61 Å². The Morgan fingerprint density at radius 1 is 1.15 bits per heavy atom. The molecule has 0 radical (unpaired) electrons. The van der Waals surface area contributed by atoms with Crippen LogP contribution in [0.5, 0.6) is 0 Å². The second-order valence-corrected chi connectivity index (χ2v) is 4.31. The number of carbonyl (C=O) groups excluding carboxylic acids is 1. The lowest BCUT2D eigenvalue weighted by Crippen LogP contribution is -2.22. The molecule has 0 aliphatic heterocycles. The summed E-state index contributed by atoms with van der Waals surface area (Å²) in [4.78, 5) is 13.9. The maximum Gasteiger partial charge on any atom is 0.250 e. The van der Waals surface area contributed by atoms with E-state index in [4.69, 9.17) is 9.47 Å². The van der Waals surface area contributed by atoms with Crippen LogP contribution in [-0.2, 0) is 14.3 Å². The minimum atomic E-state index is -0.156. The van der Waals surface area contributed by atoms with Gasteiger partial charge in [0.05, 0.1) is 13.2 Å². The predicted octanol–water partition coefficient (Wildman–Crippen LogP) is 2.13. The average molecular weight is 280 g/mol. The van der Waals surface area contributed by atoms with Gasteiger partial charge in [-0.05, 0) is 38.1 Å². The van der Waals surface area contributed by atoms with Crippen LogP contribution in [0, 0.1) is 0 Å². The first-order chi connectivity index (χ1) is 9.71. The van der Waals surface area contributed by atoms with Gasteiger partial charge in [-0.3, -0.25) is 4.79 Å². The first kappa shape index (κ1) is 16.5. The van der Waals surface area contributed by atoms with Crippen LogP contribution < -0.4 is 10.2 Å². The fourth-order valence-electron chi connectivity index (χ4n) is 1.85. The summed E-state index contributed by atoms with van der Waals surface area (Å²) in [6.07, 6.45) is 0. The smallest absolute Gasteiger partial charge is 0.250 e. The minimum absolute atomic E-state index is 0.0428. The van der Waals surface area contributed by atoms with Gasteiger partial charge in [0, 0.05) is 31.6 Å². The SMILES string of the molecule is CCN(CC)c1ccc(NC(=O)COCCOC)cc1. The van der Waals surface area contributed by atoms with E-state index in [0.29, 0.717) is 13.2 Å². The molecular formula is C15H24N2O3. The molecule has 0 saturated heterocycles. The molecule has 0 atom stereocenters. The summed E-state index contributed by atoms with van der Waals surface area (Å²) in [6, 6.07) is 7.82. The van der Waals surface area contributed by atoms with E-state index in [2.05, 4.69) is 24.1 Å². The predicted molar refractivity (Wildman–Crippen MR) is 81.3 cm³/mol. The van der Waals surface area contributed by atoms with Gasteiger partial charge in [-0.1, -0.05) is 0 Å². The van der Waals surface area contributed by atoms with Crippen LogP contribution in [-0.4, -0.2) is 45.9 Å². The van der Waals surface area contributed by atoms with Crippen molar-refractivity contribution in [2.75, 3.05) is 50.2 Å². The highest BCUT2D eigenvalue weighted by molar-refractivity contribution is 5.91. The van der Waals surface area contributed by atoms with E-state index in [0.717, 1.165) is 24.5 Å². The molecule has 1 amide bonds. The van der Waals surface area contributed by atoms with Gasteiger partial charge in [-0.2, -0.15) is 0 Å². The number of hydrogen-bond donors (Lipinski definition) is 1. The number of anilines is 2. The van der Waals surface area contributed by atoms with E-state index in [1.807, 2.05) is 24.3 Å². The number of methoxy groups -OCH3 is 1. The molecule has 20 heavy (non-hydrogen) atoms. The van der Waals surface area contributed by atoms with E-state index >= 15 is 0 Å². The zero-order valence-electron chi connectivity index (χ0n) is 12.5. The molecule has 112 valence electrons. The Bertz CT molecular complexity index is 389. The summed E-state index contributed by atoms with van der Waals surface area (Å²) in [5.74, 6) is -0.156. The van der Waals surface area contributed by atoms with Crippen LogP contribution in [0.4, 0.5) is 11.4 Å². The molecular weight excluding hydrogens is 256 g/mol. The van der Waals surface area contributed by atoms with Crippen LogP contribution in [0.3, 0.4) is 0 Å². The molecule has 0 aromatic heterocycles. The van der Waals surface area contributed by atoms with Crippen molar-refractivity contribution in [2.24, 2.45) is 0 Å². The van der Waals surface area contributed by atoms with Gasteiger partial charge in [0.15, 0.2) is 0 Å². The number of nitrogens with zero attached hydrogens (tertiary/aromatic N) is 1. The Morgan fingerprint density at radius 3 is 2.35 bits per heavy atom. The zero-order valence-corrected chi connectivity index (χ0v) is 12.5. The summed E-state index contributed by atoms with van der Waals surface area (Å²) in [6.45, 7) is 7.13. The Balaban J connectivity index is 2.42. The topological polar surface area (TPSA) is 50.8 Å². The number of hydrogen-bond acceptors (Lipinski definition) is 4. The Hall–Kier alpha value is -1.59. The Morgan fingerprint density at radius 2 is 1.80 bits per heavy atom. The number of ether oxygens (including phenoxy) is 2. The first-order valence-corrected chi connectivity index (χ1v) is 6.92. The summed E-state index contributed by atoms with van der Waals surface area (Å²) >= 11 is 0. The van der Waals surface area contributed by atoms with Crippen LogP contribution in [0.2, 0.25) is 0 Å². The van der Waals surface area contributed by atoms with Crippen molar-refractivity contribution in [1.29, 1.82) is 0 Å². The monoisotopic (exact) mass is 280 g/mol. The molecule has 0 aliphatic rings. The fourth-order valence-corrected chi connectivity index (χ4v) is 1.85. The molecule has 0 aliphatic carbocycles. The van der Waals surface area contributed by atoms with Crippen LogP contribution in [0.15, 0.2) is 24.3 Å². The van der Waals surface area contributed by atoms with Crippen molar-refractivity contribution in [1.82, 2.24) is 0 Å². The summed E-state index contributed by atoms with van der Waals surface area (Å²) in [7, 11) is 1.60. The number of amides is 1. The summed E-state index contributed by atoms with van der Waals surface area (Å²) in [5, 5.41) is 2.80. The molecule has 5 nitrogen and oxygen atoms in total. The van der Waals surface area contributed by atoms with Gasteiger partial charge >= 0.3 is 0 Å². The second kappa shape index (κ2) is 9.34. The molecule has 1 rings (SSSR count). The number of nitrogens with one attached hydrogen (secondary N) is 1. The standard InChI is InChI=1S/C15H24N2O3/c1-4-17(5-2)14-8-6-13(7-9-14)16-15(18)12-20-11-10-19-3/h6-9H,4-5,10-12H2,1-3H3,(H,16,18). The van der Waals surface area contributed by atoms with Crippen molar-refractivity contribution in [3.8, 4) is 0 Å². The highest BCUT2D eigenvalue weighted by Gasteiger charge is 2.04. The Labute approximate surface area is 120 Å².